The van der Waals surface area contributed by atoms with Crippen molar-refractivity contribution in [1.82, 2.24) is 10.3 Å². The molecule has 0 fully saturated rings. The summed E-state index contributed by atoms with van der Waals surface area (Å²) in [6.45, 7) is 1.84. The molecule has 0 unspecified atom stereocenters. The van der Waals surface area contributed by atoms with E-state index < -0.39 is 0 Å². The molecule has 0 radical (unpaired) electrons. The molecule has 52 heavy (non-hydrogen) atoms. The van der Waals surface area contributed by atoms with Crippen LogP contribution in [0.15, 0.2) is 132 Å². The smallest absolute Gasteiger partial charge is 0.345 e. The Morgan fingerprint density at radius 3 is 2.17 bits per heavy atom. The molecule has 5 aromatic carbocycles. The molecular weight excluding hydrogens is 674 g/mol. The minimum atomic E-state index is -0.270. The zero-order chi connectivity index (χ0) is 35.4. The maximum absolute atomic E-state index is 14.4. The number of urea groups is 1. The number of nitrogens with two attached hydrogens (primary N) is 1. The van der Waals surface area contributed by atoms with Gasteiger partial charge in [0.05, 0.1) is 24.5 Å². The zero-order valence-corrected chi connectivity index (χ0v) is 29.8. The number of carbonyl (C=O) groups is 2. The van der Waals surface area contributed by atoms with Crippen LogP contribution < -0.4 is 20.7 Å². The van der Waals surface area contributed by atoms with Crippen molar-refractivity contribution < 1.29 is 19.4 Å². The molecule has 0 saturated heterocycles. The Morgan fingerprint density at radius 2 is 1.46 bits per heavy atom. The Labute approximate surface area is 311 Å². The molecule has 6 rings (SSSR count). The number of phenols is 1. The van der Waals surface area contributed by atoms with Crippen LogP contribution in [0, 0.1) is 0 Å². The van der Waals surface area contributed by atoms with Crippen LogP contribution in [0.4, 0.5) is 10.5 Å². The van der Waals surface area contributed by atoms with E-state index in [0.29, 0.717) is 56.8 Å². The summed E-state index contributed by atoms with van der Waals surface area (Å²) < 4.78 is 5.76. The van der Waals surface area contributed by atoms with Crippen LogP contribution in [-0.4, -0.2) is 54.0 Å². The second-order valence-electron chi connectivity index (χ2n) is 12.4. The second kappa shape index (κ2) is 18.6. The third-order valence-electron chi connectivity index (χ3n) is 8.77. The number of phenolic OH excluding ortho intramolecular Hbond substituents is 1. The molecule has 0 atom stereocenters. The van der Waals surface area contributed by atoms with Crippen molar-refractivity contribution in [1.29, 1.82) is 0 Å². The van der Waals surface area contributed by atoms with Crippen molar-refractivity contribution in [3.63, 3.8) is 0 Å². The number of hydrogen-bond acceptors (Lipinski definition) is 6. The molecule has 0 spiro atoms. The van der Waals surface area contributed by atoms with Gasteiger partial charge >= 0.3 is 6.03 Å². The first-order valence-electron chi connectivity index (χ1n) is 17.4. The highest BCUT2D eigenvalue weighted by Gasteiger charge is 2.30. The summed E-state index contributed by atoms with van der Waals surface area (Å²) in [6.07, 6.45) is 2.65. The summed E-state index contributed by atoms with van der Waals surface area (Å²) >= 11 is 0. The van der Waals surface area contributed by atoms with E-state index in [1.54, 1.807) is 34.2 Å². The average Bonchev–Trinajstić information content (AvgIpc) is 3.27. The van der Waals surface area contributed by atoms with Crippen molar-refractivity contribution in [3.8, 4) is 22.6 Å². The molecule has 9 nitrogen and oxygen atoms in total. The quantitative estimate of drug-likeness (QED) is 0.0955. The van der Waals surface area contributed by atoms with E-state index in [1.807, 2.05) is 78.9 Å². The Bertz CT molecular complexity index is 1940. The third-order valence-corrected chi connectivity index (χ3v) is 8.77. The van der Waals surface area contributed by atoms with E-state index in [-0.39, 0.29) is 36.6 Å². The number of benzene rings is 5. The number of halogens is 1. The third kappa shape index (κ3) is 9.78. The zero-order valence-electron chi connectivity index (χ0n) is 29.0. The van der Waals surface area contributed by atoms with Crippen molar-refractivity contribution in [3.05, 3.63) is 150 Å². The van der Waals surface area contributed by atoms with Gasteiger partial charge in [0, 0.05) is 17.7 Å². The Morgan fingerprint density at radius 1 is 0.788 bits per heavy atom. The van der Waals surface area contributed by atoms with Gasteiger partial charge < -0.3 is 20.9 Å². The lowest BCUT2D eigenvalue weighted by Crippen LogP contribution is -2.40. The number of hydrazone groups is 1. The van der Waals surface area contributed by atoms with Crippen LogP contribution in [-0.2, 0) is 13.0 Å². The van der Waals surface area contributed by atoms with Crippen molar-refractivity contribution in [2.45, 2.75) is 32.2 Å². The van der Waals surface area contributed by atoms with Crippen LogP contribution in [0.1, 0.15) is 46.3 Å². The van der Waals surface area contributed by atoms with Crippen LogP contribution in [0.3, 0.4) is 0 Å². The molecule has 0 aliphatic carbocycles. The van der Waals surface area contributed by atoms with Crippen LogP contribution in [0.5, 0.6) is 11.5 Å². The van der Waals surface area contributed by atoms with Gasteiger partial charge in [0.25, 0.3) is 5.91 Å². The molecule has 10 heteroatoms. The van der Waals surface area contributed by atoms with Gasteiger partial charge in [-0.3, -0.25) is 9.69 Å². The number of carbonyl (C=O) groups excluding carboxylic acids is 2. The molecular formula is C42H44ClN5O4. The minimum Gasteiger partial charge on any atom is -0.508 e. The van der Waals surface area contributed by atoms with Crippen molar-refractivity contribution >= 4 is 35.7 Å². The first kappa shape index (κ1) is 37.6. The maximum atomic E-state index is 14.4. The summed E-state index contributed by atoms with van der Waals surface area (Å²) in [5.41, 5.74) is 12.6. The van der Waals surface area contributed by atoms with Gasteiger partial charge in [0.1, 0.15) is 18.1 Å². The number of anilines is 1. The molecule has 0 bridgehead atoms. The predicted octanol–water partition coefficient (Wildman–Crippen LogP) is 7.81. The number of aromatic hydroxyl groups is 1. The Hall–Kier alpha value is -5.64. The molecule has 5 aromatic rings. The standard InChI is InChI=1S/C42H43N5O4.ClH/c43-25-7-8-27-47-42(50)46(30-32-13-18-34(19-14-32)33-9-3-1-4-10-33)40-29-35(41(49)44-26-28-51-37-11-5-2-6-12-37)20-23-38(40)39(45-47)24-17-31-15-21-36(48)22-16-31;/h1-6,9-16,18-23,29,48H,7-8,17,24-28,30,43H2,(H,44,49);1H. The van der Waals surface area contributed by atoms with Crippen LogP contribution in [0.2, 0.25) is 0 Å². The lowest BCUT2D eigenvalue weighted by Gasteiger charge is -2.27. The van der Waals surface area contributed by atoms with E-state index in [2.05, 4.69) is 29.6 Å². The number of fused-ring (bicyclic) bond motifs is 1. The number of nitrogens with zero attached hydrogens (tertiary/aromatic N) is 3. The fourth-order valence-corrected chi connectivity index (χ4v) is 6.01. The lowest BCUT2D eigenvalue weighted by molar-refractivity contribution is 0.0947. The van der Waals surface area contributed by atoms with E-state index in [4.69, 9.17) is 15.6 Å². The summed E-state index contributed by atoms with van der Waals surface area (Å²) in [7, 11) is 0. The average molecular weight is 718 g/mol. The molecule has 4 N–H and O–H groups in total. The van der Waals surface area contributed by atoms with Crippen molar-refractivity contribution in [2.24, 2.45) is 10.8 Å². The molecule has 1 aliphatic rings. The first-order valence-corrected chi connectivity index (χ1v) is 17.4. The fourth-order valence-electron chi connectivity index (χ4n) is 6.01. The number of amides is 3. The van der Waals surface area contributed by atoms with Gasteiger partial charge in [-0.05, 0) is 90.9 Å². The SMILES string of the molecule is Cl.NCCCCN1N=C(CCc2ccc(O)cc2)c2ccc(C(=O)NCCOc3ccccc3)cc2N(Cc2ccc(-c3ccccc3)cc2)C1=O. The van der Waals surface area contributed by atoms with E-state index >= 15 is 0 Å². The number of unbranched alkanes of at least 4 members (excludes halogenated alkanes) is 1. The van der Waals surface area contributed by atoms with E-state index in [0.717, 1.165) is 45.7 Å². The summed E-state index contributed by atoms with van der Waals surface area (Å²) in [6, 6.07) is 40.1. The monoisotopic (exact) mass is 717 g/mol. The molecule has 268 valence electrons. The minimum absolute atomic E-state index is 0. The highest BCUT2D eigenvalue weighted by molar-refractivity contribution is 6.12. The Kier molecular flexibility index (Phi) is 13.4. The molecule has 1 aliphatic heterocycles. The number of ether oxygens (including phenoxy) is 1. The van der Waals surface area contributed by atoms with Gasteiger partial charge in [-0.2, -0.15) is 5.10 Å². The summed E-state index contributed by atoms with van der Waals surface area (Å²) in [5.74, 6) is 0.677. The topological polar surface area (TPSA) is 120 Å². The van der Waals surface area contributed by atoms with E-state index in [9.17, 15) is 14.7 Å². The maximum Gasteiger partial charge on any atom is 0.345 e. The van der Waals surface area contributed by atoms with Gasteiger partial charge in [-0.15, -0.1) is 12.4 Å². The number of aryl methyl sites for hydroxylation is 1. The molecule has 1 heterocycles. The Balaban J connectivity index is 0.00000523. The normalized spacial score (nSPS) is 12.3. The second-order valence-corrected chi connectivity index (χ2v) is 12.4. The highest BCUT2D eigenvalue weighted by atomic mass is 35.5. The number of rotatable bonds is 15. The molecule has 0 aromatic heterocycles. The van der Waals surface area contributed by atoms with E-state index in [1.165, 1.54) is 0 Å². The van der Waals surface area contributed by atoms with Crippen molar-refractivity contribution in [2.75, 3.05) is 31.1 Å². The molecule has 3 amide bonds. The number of hydrogen-bond donors (Lipinski definition) is 3. The highest BCUT2D eigenvalue weighted by Crippen LogP contribution is 2.32. The largest absolute Gasteiger partial charge is 0.508 e. The van der Waals surface area contributed by atoms with Gasteiger partial charge in [-0.25, -0.2) is 9.80 Å². The fraction of sp³-hybridized carbons (Fsp3) is 0.214. The summed E-state index contributed by atoms with van der Waals surface area (Å²) in [4.78, 5) is 29.6. The van der Waals surface area contributed by atoms with Gasteiger partial charge in [-0.1, -0.05) is 91.0 Å². The lowest BCUT2D eigenvalue weighted by atomic mass is 9.98. The van der Waals surface area contributed by atoms with Crippen LogP contribution >= 0.6 is 12.4 Å². The van der Waals surface area contributed by atoms with Crippen LogP contribution in [0.25, 0.3) is 11.1 Å². The van der Waals surface area contributed by atoms with Gasteiger partial charge in [0.15, 0.2) is 0 Å². The predicted molar refractivity (Wildman–Crippen MR) is 209 cm³/mol. The molecule has 0 saturated carbocycles. The first-order chi connectivity index (χ1) is 25.0. The number of para-hydroxylation sites is 1. The summed E-state index contributed by atoms with van der Waals surface area (Å²) in [5, 5.41) is 19.3. The number of nitrogens with one attached hydrogen (secondary N) is 1. The van der Waals surface area contributed by atoms with Gasteiger partial charge in [0.2, 0.25) is 0 Å².